The van der Waals surface area contributed by atoms with E-state index >= 15 is 0 Å². The first-order chi connectivity index (χ1) is 7.86. The first kappa shape index (κ1) is 11.1. The van der Waals surface area contributed by atoms with E-state index in [9.17, 15) is 0 Å². The van der Waals surface area contributed by atoms with Crippen molar-refractivity contribution < 1.29 is 0 Å². The number of nitrogens with one attached hydrogen (secondary N) is 1. The van der Waals surface area contributed by atoms with Crippen molar-refractivity contribution in [2.75, 3.05) is 11.9 Å². The van der Waals surface area contributed by atoms with Crippen LogP contribution in [0.3, 0.4) is 0 Å². The van der Waals surface area contributed by atoms with Gasteiger partial charge in [0.05, 0.1) is 11.7 Å². The lowest BCUT2D eigenvalue weighted by Crippen LogP contribution is -2.03. The fraction of sp³-hybridized carbons (Fsp3) is 0.500. The first-order valence-electron chi connectivity index (χ1n) is 5.44. The fourth-order valence-corrected chi connectivity index (χ4v) is 2.09. The summed E-state index contributed by atoms with van der Waals surface area (Å²) in [5.74, 6) is 1.72. The molecule has 0 saturated carbocycles. The molecule has 1 N–H and O–H groups in total. The Kier molecular flexibility index (Phi) is 3.51. The number of hydrogen-bond donors (Lipinski definition) is 1. The molecule has 0 unspecified atom stereocenters. The van der Waals surface area contributed by atoms with E-state index in [-0.39, 0.29) is 0 Å². The number of nitrogens with zero attached hydrogens (tertiary/aromatic N) is 4. The highest BCUT2D eigenvalue weighted by Gasteiger charge is 2.14. The molecule has 0 bridgehead atoms. The smallest absolute Gasteiger partial charge is 0.171 e. The summed E-state index contributed by atoms with van der Waals surface area (Å²) in [7, 11) is 0. The molecule has 2 aromatic rings. The molecule has 86 valence electrons. The van der Waals surface area contributed by atoms with Crippen molar-refractivity contribution in [1.29, 1.82) is 0 Å². The quantitative estimate of drug-likeness (QED) is 0.866. The van der Waals surface area contributed by atoms with Crippen LogP contribution >= 0.6 is 11.7 Å². The van der Waals surface area contributed by atoms with Crippen LogP contribution in [0.15, 0.2) is 12.4 Å². The van der Waals surface area contributed by atoms with Gasteiger partial charge >= 0.3 is 0 Å². The van der Waals surface area contributed by atoms with Gasteiger partial charge in [0.1, 0.15) is 0 Å². The highest BCUT2D eigenvalue weighted by molar-refractivity contribution is 6.99. The highest BCUT2D eigenvalue weighted by atomic mass is 32.1. The molecule has 0 aliphatic carbocycles. The Hall–Kier alpha value is -1.43. The average Bonchev–Trinajstić information content (AvgIpc) is 2.87. The Bertz CT molecular complexity index is 405. The zero-order chi connectivity index (χ0) is 11.4. The number of aromatic nitrogens is 4. The average molecular weight is 237 g/mol. The van der Waals surface area contributed by atoms with Crippen LogP contribution < -0.4 is 5.32 Å². The molecule has 16 heavy (non-hydrogen) atoms. The predicted octanol–water partition coefficient (Wildman–Crippen LogP) is 2.24. The SMILES string of the molecule is CCCn1ccnc1-c1nsnc1NCC. The lowest BCUT2D eigenvalue weighted by atomic mass is 10.3. The maximum absolute atomic E-state index is 4.35. The van der Waals surface area contributed by atoms with E-state index < -0.39 is 0 Å². The van der Waals surface area contributed by atoms with Crippen LogP contribution in [0.25, 0.3) is 11.5 Å². The normalized spacial score (nSPS) is 10.6. The third-order valence-electron chi connectivity index (χ3n) is 2.22. The van der Waals surface area contributed by atoms with E-state index in [4.69, 9.17) is 0 Å². The summed E-state index contributed by atoms with van der Waals surface area (Å²) < 4.78 is 10.6. The van der Waals surface area contributed by atoms with Gasteiger partial charge in [-0.25, -0.2) is 4.98 Å². The molecule has 6 heteroatoms. The number of aryl methyl sites for hydroxylation is 1. The van der Waals surface area contributed by atoms with Crippen molar-refractivity contribution in [1.82, 2.24) is 18.3 Å². The van der Waals surface area contributed by atoms with Crippen LogP contribution in [0, 0.1) is 0 Å². The first-order valence-corrected chi connectivity index (χ1v) is 6.17. The van der Waals surface area contributed by atoms with Gasteiger partial charge in [0.15, 0.2) is 17.3 Å². The van der Waals surface area contributed by atoms with Gasteiger partial charge in [-0.2, -0.15) is 8.75 Å². The van der Waals surface area contributed by atoms with Crippen LogP contribution in [0.4, 0.5) is 5.82 Å². The minimum Gasteiger partial charge on any atom is -0.368 e. The van der Waals surface area contributed by atoms with Crippen LogP contribution in [0.1, 0.15) is 20.3 Å². The van der Waals surface area contributed by atoms with Crippen molar-refractivity contribution in [2.24, 2.45) is 0 Å². The zero-order valence-corrected chi connectivity index (χ0v) is 10.3. The summed E-state index contributed by atoms with van der Waals surface area (Å²) in [5.41, 5.74) is 0.852. The second kappa shape index (κ2) is 5.07. The summed E-state index contributed by atoms with van der Waals surface area (Å²) in [6, 6.07) is 0. The third kappa shape index (κ3) is 2.06. The standard InChI is InChI=1S/C10H15N5S/c1-3-6-15-7-5-12-10(15)8-9(11-4-2)14-16-13-8/h5,7H,3-4,6H2,1-2H3,(H,11,14). The van der Waals surface area contributed by atoms with E-state index in [0.29, 0.717) is 0 Å². The van der Waals surface area contributed by atoms with Crippen LogP contribution in [0.5, 0.6) is 0 Å². The molecular weight excluding hydrogens is 222 g/mol. The van der Waals surface area contributed by atoms with Gasteiger partial charge in [-0.05, 0) is 13.3 Å². The van der Waals surface area contributed by atoms with Gasteiger partial charge < -0.3 is 9.88 Å². The number of imidazole rings is 1. The molecule has 0 radical (unpaired) electrons. The van der Waals surface area contributed by atoms with Crippen LogP contribution in [0.2, 0.25) is 0 Å². The molecule has 2 rings (SSSR count). The second-order valence-corrected chi connectivity index (χ2v) is 3.96. The van der Waals surface area contributed by atoms with Crippen LogP contribution in [-0.4, -0.2) is 24.8 Å². The molecule has 0 aliphatic rings. The second-order valence-electron chi connectivity index (χ2n) is 3.44. The minimum atomic E-state index is 0.830. The highest BCUT2D eigenvalue weighted by Crippen LogP contribution is 2.24. The van der Waals surface area contributed by atoms with Crippen molar-refractivity contribution >= 4 is 17.5 Å². The molecule has 2 aromatic heterocycles. The number of hydrogen-bond acceptors (Lipinski definition) is 5. The van der Waals surface area contributed by atoms with Gasteiger partial charge in [0, 0.05) is 25.5 Å². The summed E-state index contributed by atoms with van der Waals surface area (Å²) in [6.45, 7) is 5.99. The Morgan fingerprint density at radius 1 is 1.38 bits per heavy atom. The van der Waals surface area contributed by atoms with E-state index in [2.05, 4.69) is 30.5 Å². The molecular formula is C10H15N5S. The van der Waals surface area contributed by atoms with Crippen LogP contribution in [-0.2, 0) is 6.54 Å². The zero-order valence-electron chi connectivity index (χ0n) is 9.47. The molecule has 0 atom stereocenters. The lowest BCUT2D eigenvalue weighted by Gasteiger charge is -2.05. The topological polar surface area (TPSA) is 55.6 Å². The lowest BCUT2D eigenvalue weighted by molar-refractivity contribution is 0.684. The van der Waals surface area contributed by atoms with E-state index in [1.165, 1.54) is 11.7 Å². The summed E-state index contributed by atoms with van der Waals surface area (Å²) in [6.07, 6.45) is 4.87. The van der Waals surface area contributed by atoms with E-state index in [0.717, 1.165) is 36.8 Å². The monoisotopic (exact) mass is 237 g/mol. The van der Waals surface area contributed by atoms with Gasteiger partial charge in [0.2, 0.25) is 0 Å². The molecule has 0 saturated heterocycles. The molecule has 5 nitrogen and oxygen atoms in total. The molecule has 0 fully saturated rings. The molecule has 2 heterocycles. The van der Waals surface area contributed by atoms with Gasteiger partial charge in [-0.1, -0.05) is 6.92 Å². The number of rotatable bonds is 5. The van der Waals surface area contributed by atoms with E-state index in [1.54, 1.807) is 6.20 Å². The third-order valence-corrected chi connectivity index (χ3v) is 2.75. The van der Waals surface area contributed by atoms with Crippen molar-refractivity contribution in [3.8, 4) is 11.5 Å². The Morgan fingerprint density at radius 3 is 3.00 bits per heavy atom. The van der Waals surface area contributed by atoms with Crippen molar-refractivity contribution in [2.45, 2.75) is 26.8 Å². The fourth-order valence-electron chi connectivity index (χ4n) is 1.57. The summed E-state index contributed by atoms with van der Waals surface area (Å²) in [4.78, 5) is 4.35. The van der Waals surface area contributed by atoms with Gasteiger partial charge in [0.25, 0.3) is 0 Å². The summed E-state index contributed by atoms with van der Waals surface area (Å²) in [5, 5.41) is 3.20. The summed E-state index contributed by atoms with van der Waals surface area (Å²) >= 11 is 1.22. The Labute approximate surface area is 98.9 Å². The molecule has 0 amide bonds. The van der Waals surface area contributed by atoms with E-state index in [1.807, 2.05) is 13.1 Å². The predicted molar refractivity (Wildman–Crippen MR) is 65.6 cm³/mol. The van der Waals surface area contributed by atoms with Gasteiger partial charge in [-0.3, -0.25) is 0 Å². The molecule has 0 aromatic carbocycles. The maximum atomic E-state index is 4.35. The Morgan fingerprint density at radius 2 is 2.25 bits per heavy atom. The van der Waals surface area contributed by atoms with Gasteiger partial charge in [-0.15, -0.1) is 0 Å². The minimum absolute atomic E-state index is 0.830. The van der Waals surface area contributed by atoms with Crippen molar-refractivity contribution in [3.05, 3.63) is 12.4 Å². The molecule has 0 aliphatic heterocycles. The Balaban J connectivity index is 2.34. The largest absolute Gasteiger partial charge is 0.368 e. The van der Waals surface area contributed by atoms with Crippen molar-refractivity contribution in [3.63, 3.8) is 0 Å². The molecule has 0 spiro atoms. The number of anilines is 1. The maximum Gasteiger partial charge on any atom is 0.171 e.